The van der Waals surface area contributed by atoms with Crippen LogP contribution in [0.2, 0.25) is 5.02 Å². The Morgan fingerprint density at radius 2 is 1.87 bits per heavy atom. The monoisotopic (exact) mass is 434 g/mol. The van der Waals surface area contributed by atoms with Gasteiger partial charge in [-0.3, -0.25) is 0 Å². The Morgan fingerprint density at radius 3 is 2.68 bits per heavy atom. The molecule has 2 aliphatic heterocycles. The Labute approximate surface area is 186 Å². The summed E-state index contributed by atoms with van der Waals surface area (Å²) in [5.74, 6) is 2.31. The van der Waals surface area contributed by atoms with Gasteiger partial charge in [0.1, 0.15) is 5.75 Å². The summed E-state index contributed by atoms with van der Waals surface area (Å²) in [6.45, 7) is 2.54. The standard InChI is InChI=1S/C25H23ClN2O3/c1-3-30-23-13-7-11-19-22-15-21(16-8-6-9-17(14-16)29-2)27-28(22)25(31-24(19)23)18-10-4-5-12-20(18)26/h4-14,22,25H,3,15H2,1-2H3. The van der Waals surface area contributed by atoms with Crippen molar-refractivity contribution in [2.75, 3.05) is 13.7 Å². The second-order valence-corrected chi connectivity index (χ2v) is 7.89. The van der Waals surface area contributed by atoms with Gasteiger partial charge in [-0.25, -0.2) is 5.01 Å². The van der Waals surface area contributed by atoms with Crippen molar-refractivity contribution in [1.29, 1.82) is 0 Å². The molecule has 2 aliphatic rings. The van der Waals surface area contributed by atoms with Crippen molar-refractivity contribution in [3.8, 4) is 17.2 Å². The molecule has 2 atom stereocenters. The van der Waals surface area contributed by atoms with Gasteiger partial charge in [0.25, 0.3) is 0 Å². The molecule has 31 heavy (non-hydrogen) atoms. The van der Waals surface area contributed by atoms with Gasteiger partial charge in [-0.2, -0.15) is 5.10 Å². The van der Waals surface area contributed by atoms with E-state index in [2.05, 4.69) is 12.1 Å². The number of para-hydroxylation sites is 1. The number of halogens is 1. The first-order valence-corrected chi connectivity index (χ1v) is 10.7. The molecule has 0 aliphatic carbocycles. The summed E-state index contributed by atoms with van der Waals surface area (Å²) in [5.41, 5.74) is 3.96. The molecule has 0 radical (unpaired) electrons. The molecular formula is C25H23ClN2O3. The summed E-state index contributed by atoms with van der Waals surface area (Å²) in [6.07, 6.45) is 0.302. The van der Waals surface area contributed by atoms with Crippen molar-refractivity contribution in [3.63, 3.8) is 0 Å². The predicted octanol–water partition coefficient (Wildman–Crippen LogP) is 5.99. The van der Waals surface area contributed by atoms with Gasteiger partial charge in [0.2, 0.25) is 6.23 Å². The zero-order chi connectivity index (χ0) is 21.4. The van der Waals surface area contributed by atoms with E-state index < -0.39 is 6.23 Å². The number of hydrogen-bond acceptors (Lipinski definition) is 5. The Kier molecular flexibility index (Phi) is 5.20. The number of rotatable bonds is 5. The maximum atomic E-state index is 6.57. The van der Waals surface area contributed by atoms with Crippen LogP contribution in [0.15, 0.2) is 71.8 Å². The van der Waals surface area contributed by atoms with Gasteiger partial charge in [0, 0.05) is 28.1 Å². The highest BCUT2D eigenvalue weighted by Gasteiger charge is 2.42. The van der Waals surface area contributed by atoms with Crippen LogP contribution >= 0.6 is 11.6 Å². The number of nitrogens with zero attached hydrogens (tertiary/aromatic N) is 2. The summed E-state index contributed by atoms with van der Waals surface area (Å²) in [7, 11) is 1.67. The summed E-state index contributed by atoms with van der Waals surface area (Å²) in [6, 6.07) is 21.8. The Hall–Kier alpha value is -3.18. The molecule has 0 saturated heterocycles. The number of hydrogen-bond donors (Lipinski definition) is 0. The summed E-state index contributed by atoms with van der Waals surface area (Å²) in [4.78, 5) is 0. The number of benzene rings is 3. The van der Waals surface area contributed by atoms with Crippen LogP contribution in [-0.4, -0.2) is 24.4 Å². The summed E-state index contributed by atoms with van der Waals surface area (Å²) in [5, 5.41) is 7.67. The molecule has 2 unspecified atom stereocenters. The van der Waals surface area contributed by atoms with E-state index in [9.17, 15) is 0 Å². The SMILES string of the molecule is CCOc1cccc2c1OC(c1ccccc1Cl)N1N=C(c3cccc(OC)c3)CC21. The molecule has 0 fully saturated rings. The lowest BCUT2D eigenvalue weighted by Gasteiger charge is -2.39. The van der Waals surface area contributed by atoms with E-state index in [-0.39, 0.29) is 6.04 Å². The zero-order valence-corrected chi connectivity index (χ0v) is 18.2. The average Bonchev–Trinajstić information content (AvgIpc) is 3.25. The van der Waals surface area contributed by atoms with E-state index in [1.807, 2.05) is 66.5 Å². The van der Waals surface area contributed by atoms with E-state index >= 15 is 0 Å². The van der Waals surface area contributed by atoms with Crippen LogP contribution in [0.25, 0.3) is 0 Å². The van der Waals surface area contributed by atoms with Gasteiger partial charge < -0.3 is 14.2 Å². The van der Waals surface area contributed by atoms with Gasteiger partial charge in [-0.05, 0) is 31.2 Å². The smallest absolute Gasteiger partial charge is 0.215 e. The van der Waals surface area contributed by atoms with Gasteiger partial charge >= 0.3 is 0 Å². The lowest BCUT2D eigenvalue weighted by molar-refractivity contribution is -0.0211. The van der Waals surface area contributed by atoms with Crippen molar-refractivity contribution >= 4 is 17.3 Å². The predicted molar refractivity (Wildman–Crippen MR) is 121 cm³/mol. The summed E-state index contributed by atoms with van der Waals surface area (Å²) >= 11 is 6.57. The maximum Gasteiger partial charge on any atom is 0.215 e. The molecule has 0 bridgehead atoms. The molecule has 2 heterocycles. The topological polar surface area (TPSA) is 43.3 Å². The highest BCUT2D eigenvalue weighted by Crippen LogP contribution is 2.51. The van der Waals surface area contributed by atoms with Crippen molar-refractivity contribution in [1.82, 2.24) is 5.01 Å². The second kappa shape index (κ2) is 8.16. The van der Waals surface area contributed by atoms with Crippen molar-refractivity contribution < 1.29 is 14.2 Å². The quantitative estimate of drug-likeness (QED) is 0.494. The van der Waals surface area contributed by atoms with E-state index in [0.717, 1.165) is 46.1 Å². The van der Waals surface area contributed by atoms with Crippen LogP contribution in [0.4, 0.5) is 0 Å². The molecule has 5 rings (SSSR count). The van der Waals surface area contributed by atoms with E-state index in [1.54, 1.807) is 7.11 Å². The number of ether oxygens (including phenoxy) is 3. The molecular weight excluding hydrogens is 412 g/mol. The minimum atomic E-state index is -0.448. The Balaban J connectivity index is 1.62. The molecule has 0 saturated carbocycles. The minimum absolute atomic E-state index is 0.0200. The minimum Gasteiger partial charge on any atom is -0.497 e. The lowest BCUT2D eigenvalue weighted by Crippen LogP contribution is -2.34. The molecule has 0 aromatic heterocycles. The van der Waals surface area contributed by atoms with Crippen LogP contribution in [0.5, 0.6) is 17.2 Å². The van der Waals surface area contributed by atoms with Crippen molar-refractivity contribution in [2.45, 2.75) is 25.6 Å². The zero-order valence-electron chi connectivity index (χ0n) is 17.4. The summed E-state index contributed by atoms with van der Waals surface area (Å²) < 4.78 is 17.8. The van der Waals surface area contributed by atoms with Crippen LogP contribution in [-0.2, 0) is 0 Å². The van der Waals surface area contributed by atoms with Gasteiger partial charge in [-0.15, -0.1) is 0 Å². The Morgan fingerprint density at radius 1 is 1.06 bits per heavy atom. The third kappa shape index (κ3) is 3.49. The number of hydrazone groups is 1. The number of methoxy groups -OCH3 is 1. The highest BCUT2D eigenvalue weighted by molar-refractivity contribution is 6.31. The third-order valence-electron chi connectivity index (χ3n) is 5.65. The third-order valence-corrected chi connectivity index (χ3v) is 6.00. The molecule has 0 spiro atoms. The van der Waals surface area contributed by atoms with Crippen LogP contribution in [0.1, 0.15) is 42.3 Å². The van der Waals surface area contributed by atoms with Crippen LogP contribution in [0, 0.1) is 0 Å². The van der Waals surface area contributed by atoms with Gasteiger partial charge in [0.05, 0.1) is 25.5 Å². The van der Waals surface area contributed by atoms with Gasteiger partial charge in [0.15, 0.2) is 11.5 Å². The Bertz CT molecular complexity index is 1150. The second-order valence-electron chi connectivity index (χ2n) is 7.48. The van der Waals surface area contributed by atoms with Crippen molar-refractivity contribution in [2.24, 2.45) is 5.10 Å². The fraction of sp³-hybridized carbons (Fsp3) is 0.240. The highest BCUT2D eigenvalue weighted by atomic mass is 35.5. The molecule has 158 valence electrons. The molecule has 0 N–H and O–H groups in total. The first-order valence-electron chi connectivity index (χ1n) is 10.4. The lowest BCUT2D eigenvalue weighted by atomic mass is 9.95. The fourth-order valence-corrected chi connectivity index (χ4v) is 4.44. The molecule has 0 amide bonds. The fourth-order valence-electron chi connectivity index (χ4n) is 4.21. The maximum absolute atomic E-state index is 6.57. The number of fused-ring (bicyclic) bond motifs is 3. The first-order chi connectivity index (χ1) is 15.2. The molecule has 5 nitrogen and oxygen atoms in total. The van der Waals surface area contributed by atoms with E-state index in [1.165, 1.54) is 0 Å². The van der Waals surface area contributed by atoms with E-state index in [4.69, 9.17) is 30.9 Å². The first kappa shape index (κ1) is 19.8. The molecule has 3 aromatic carbocycles. The van der Waals surface area contributed by atoms with Gasteiger partial charge in [-0.1, -0.05) is 54.1 Å². The van der Waals surface area contributed by atoms with E-state index in [0.29, 0.717) is 11.6 Å². The van der Waals surface area contributed by atoms with Crippen molar-refractivity contribution in [3.05, 3.63) is 88.4 Å². The average molecular weight is 435 g/mol. The normalized spacial score (nSPS) is 19.2. The van der Waals surface area contributed by atoms with Crippen LogP contribution in [0.3, 0.4) is 0 Å². The largest absolute Gasteiger partial charge is 0.497 e. The molecule has 6 heteroatoms. The molecule has 3 aromatic rings. The van der Waals surface area contributed by atoms with Crippen LogP contribution < -0.4 is 14.2 Å².